The van der Waals surface area contributed by atoms with Crippen molar-refractivity contribution in [2.24, 2.45) is 0 Å². The lowest BCUT2D eigenvalue weighted by Crippen LogP contribution is -2.37. The molecular formula is C30H23BrO. The predicted molar refractivity (Wildman–Crippen MR) is 135 cm³/mol. The van der Waals surface area contributed by atoms with E-state index in [0.717, 1.165) is 24.0 Å². The normalized spacial score (nSPS) is 13.3. The highest BCUT2D eigenvalue weighted by atomic mass is 79.9. The molecule has 0 saturated heterocycles. The molecule has 0 saturated carbocycles. The Labute approximate surface area is 197 Å². The van der Waals surface area contributed by atoms with Crippen LogP contribution in [0.3, 0.4) is 0 Å². The third kappa shape index (κ3) is 2.66. The van der Waals surface area contributed by atoms with Crippen LogP contribution >= 0.6 is 15.9 Å². The summed E-state index contributed by atoms with van der Waals surface area (Å²) < 4.78 is 0. The van der Waals surface area contributed by atoms with E-state index in [9.17, 15) is 4.79 Å². The molecule has 2 aliphatic carbocycles. The molecule has 156 valence electrons. The second kappa shape index (κ2) is 7.28. The summed E-state index contributed by atoms with van der Waals surface area (Å²) in [5, 5.41) is 0.330. The van der Waals surface area contributed by atoms with Crippen molar-refractivity contribution in [3.8, 4) is 22.3 Å². The first-order chi connectivity index (χ1) is 15.6. The summed E-state index contributed by atoms with van der Waals surface area (Å²) >= 11 is 3.51. The second-order valence-corrected chi connectivity index (χ2v) is 9.57. The van der Waals surface area contributed by atoms with Crippen molar-refractivity contribution in [1.82, 2.24) is 0 Å². The van der Waals surface area contributed by atoms with E-state index >= 15 is 0 Å². The minimum atomic E-state index is -0.718. The Balaban J connectivity index is 1.60. The molecule has 0 fully saturated rings. The van der Waals surface area contributed by atoms with Gasteiger partial charge in [-0.05, 0) is 75.4 Å². The van der Waals surface area contributed by atoms with Gasteiger partial charge in [-0.2, -0.15) is 0 Å². The fraction of sp³-hybridized carbons (Fsp3) is 0.167. The van der Waals surface area contributed by atoms with Gasteiger partial charge in [-0.1, -0.05) is 101 Å². The summed E-state index contributed by atoms with van der Waals surface area (Å²) in [5.41, 5.74) is 11.9. The lowest BCUT2D eigenvalue weighted by Gasteiger charge is -2.33. The van der Waals surface area contributed by atoms with E-state index in [1.807, 2.05) is 0 Å². The van der Waals surface area contributed by atoms with E-state index in [2.05, 4.69) is 108 Å². The average Bonchev–Trinajstić information content (AvgIpc) is 3.41. The average molecular weight is 479 g/mol. The van der Waals surface area contributed by atoms with Crippen molar-refractivity contribution in [1.29, 1.82) is 0 Å². The molecule has 0 spiro atoms. The second-order valence-electron chi connectivity index (χ2n) is 9.01. The standard InChI is InChI=1S/C30H23BrO/c1-30(29(32)18-31,27-14-6-12-23-21-10-4-2-8-19(21)16-25(23)27)28-15-7-13-24-22-11-5-3-9-20(22)17-26(24)28/h2-15H,16-18H2,1H3. The molecule has 0 aromatic heterocycles. The highest BCUT2D eigenvalue weighted by Gasteiger charge is 2.42. The van der Waals surface area contributed by atoms with E-state index in [1.54, 1.807) is 0 Å². The monoisotopic (exact) mass is 478 g/mol. The molecule has 0 heterocycles. The van der Waals surface area contributed by atoms with Crippen LogP contribution in [0.4, 0.5) is 0 Å². The van der Waals surface area contributed by atoms with Gasteiger partial charge in [-0.25, -0.2) is 0 Å². The summed E-state index contributed by atoms with van der Waals surface area (Å²) in [6, 6.07) is 30.2. The van der Waals surface area contributed by atoms with Gasteiger partial charge in [0.1, 0.15) is 0 Å². The number of fused-ring (bicyclic) bond motifs is 6. The van der Waals surface area contributed by atoms with E-state index < -0.39 is 5.41 Å². The van der Waals surface area contributed by atoms with Crippen molar-refractivity contribution in [3.05, 3.63) is 118 Å². The number of benzene rings is 4. The van der Waals surface area contributed by atoms with Crippen molar-refractivity contribution in [2.75, 3.05) is 5.33 Å². The van der Waals surface area contributed by atoms with Gasteiger partial charge >= 0.3 is 0 Å². The Kier molecular flexibility index (Phi) is 4.48. The molecule has 0 amide bonds. The number of carbonyl (C=O) groups is 1. The molecular weight excluding hydrogens is 456 g/mol. The molecule has 1 nitrogen and oxygen atoms in total. The number of Topliss-reactive ketones (excluding diaryl/α,β-unsaturated/α-hetero) is 1. The molecule has 0 N–H and O–H groups in total. The zero-order valence-corrected chi connectivity index (χ0v) is 19.6. The van der Waals surface area contributed by atoms with Crippen molar-refractivity contribution in [3.63, 3.8) is 0 Å². The van der Waals surface area contributed by atoms with Gasteiger partial charge in [0.2, 0.25) is 0 Å². The lowest BCUT2D eigenvalue weighted by molar-refractivity contribution is -0.120. The molecule has 0 unspecified atom stereocenters. The largest absolute Gasteiger partial charge is 0.297 e. The molecule has 0 aliphatic heterocycles. The summed E-state index contributed by atoms with van der Waals surface area (Å²) in [6.45, 7) is 2.13. The van der Waals surface area contributed by atoms with Gasteiger partial charge in [0, 0.05) is 0 Å². The zero-order valence-electron chi connectivity index (χ0n) is 18.0. The van der Waals surface area contributed by atoms with Crippen LogP contribution in [0.5, 0.6) is 0 Å². The number of carbonyl (C=O) groups excluding carboxylic acids is 1. The van der Waals surface area contributed by atoms with Crippen LogP contribution in [0, 0.1) is 0 Å². The first-order valence-corrected chi connectivity index (χ1v) is 12.3. The Bertz CT molecular complexity index is 1300. The molecule has 4 aromatic rings. The van der Waals surface area contributed by atoms with Gasteiger partial charge in [-0.15, -0.1) is 0 Å². The lowest BCUT2D eigenvalue weighted by atomic mass is 9.69. The van der Waals surface area contributed by atoms with Crippen molar-refractivity contribution < 1.29 is 4.79 Å². The molecule has 2 heteroatoms. The van der Waals surface area contributed by atoms with Crippen molar-refractivity contribution in [2.45, 2.75) is 25.2 Å². The quantitative estimate of drug-likeness (QED) is 0.247. The molecule has 4 aromatic carbocycles. The van der Waals surface area contributed by atoms with Crippen molar-refractivity contribution >= 4 is 21.7 Å². The highest BCUT2D eigenvalue weighted by molar-refractivity contribution is 9.09. The molecule has 0 radical (unpaired) electrons. The van der Waals surface area contributed by atoms with Gasteiger partial charge in [0.25, 0.3) is 0 Å². The topological polar surface area (TPSA) is 17.1 Å². The van der Waals surface area contributed by atoms with Crippen LogP contribution in [-0.2, 0) is 23.1 Å². The smallest absolute Gasteiger partial charge is 0.158 e. The van der Waals surface area contributed by atoms with Crippen LogP contribution < -0.4 is 0 Å². The number of hydrogen-bond donors (Lipinski definition) is 0. The number of ketones is 1. The molecule has 6 rings (SSSR count). The molecule has 32 heavy (non-hydrogen) atoms. The van der Waals surface area contributed by atoms with E-state index in [4.69, 9.17) is 0 Å². The van der Waals surface area contributed by atoms with E-state index in [-0.39, 0.29) is 5.78 Å². The Hall–Kier alpha value is -2.97. The Morgan fingerprint density at radius 1 is 0.688 bits per heavy atom. The van der Waals surface area contributed by atoms with Crippen LogP contribution in [0.1, 0.15) is 40.3 Å². The first-order valence-electron chi connectivity index (χ1n) is 11.1. The summed E-state index contributed by atoms with van der Waals surface area (Å²) in [6.07, 6.45) is 1.75. The van der Waals surface area contributed by atoms with Crippen LogP contribution in [0.25, 0.3) is 22.3 Å². The number of rotatable bonds is 4. The first kappa shape index (κ1) is 19.7. The summed E-state index contributed by atoms with van der Waals surface area (Å²) in [7, 11) is 0. The molecule has 0 bridgehead atoms. The fourth-order valence-corrected chi connectivity index (χ4v) is 6.39. The minimum Gasteiger partial charge on any atom is -0.297 e. The minimum absolute atomic E-state index is 0.200. The van der Waals surface area contributed by atoms with E-state index in [1.165, 1.54) is 44.5 Å². The molecule has 2 aliphatic rings. The third-order valence-corrected chi connectivity index (χ3v) is 7.97. The maximum absolute atomic E-state index is 13.7. The number of halogens is 1. The third-order valence-electron chi connectivity index (χ3n) is 7.46. The molecule has 0 atom stereocenters. The van der Waals surface area contributed by atoms with Gasteiger partial charge < -0.3 is 0 Å². The maximum Gasteiger partial charge on any atom is 0.158 e. The predicted octanol–water partition coefficient (Wildman–Crippen LogP) is 7.10. The van der Waals surface area contributed by atoms with E-state index in [0.29, 0.717) is 5.33 Å². The Morgan fingerprint density at radius 3 is 1.59 bits per heavy atom. The van der Waals surface area contributed by atoms with Crippen LogP contribution in [0.2, 0.25) is 0 Å². The highest BCUT2D eigenvalue weighted by Crippen LogP contribution is 2.48. The number of hydrogen-bond acceptors (Lipinski definition) is 1. The SMILES string of the molecule is CC(C(=O)CBr)(c1cccc2c1Cc1ccccc1-2)c1cccc2c1Cc1ccccc1-2. The summed E-state index contributed by atoms with van der Waals surface area (Å²) in [4.78, 5) is 13.7. The number of alkyl halides is 1. The van der Waals surface area contributed by atoms with Crippen LogP contribution in [0.15, 0.2) is 84.9 Å². The van der Waals surface area contributed by atoms with Gasteiger partial charge in [0.05, 0.1) is 10.7 Å². The van der Waals surface area contributed by atoms with Gasteiger partial charge in [-0.3, -0.25) is 4.79 Å². The van der Waals surface area contributed by atoms with Crippen LogP contribution in [-0.4, -0.2) is 11.1 Å². The Morgan fingerprint density at radius 2 is 1.12 bits per heavy atom. The summed E-state index contributed by atoms with van der Waals surface area (Å²) in [5.74, 6) is 0.200. The van der Waals surface area contributed by atoms with Gasteiger partial charge in [0.15, 0.2) is 5.78 Å². The maximum atomic E-state index is 13.7. The zero-order chi connectivity index (χ0) is 21.9. The fourth-order valence-electron chi connectivity index (χ4n) is 5.83.